The maximum absolute atomic E-state index is 12.7. The topological polar surface area (TPSA) is 29.1 Å². The quantitative estimate of drug-likeness (QED) is 0.848. The van der Waals surface area contributed by atoms with Gasteiger partial charge in [-0.15, -0.1) is 0 Å². The Hall–Kier alpha value is -0.570. The number of hydrogen-bond acceptors (Lipinski definition) is 2. The Morgan fingerprint density at radius 2 is 2.05 bits per heavy atom. The Labute approximate surface area is 124 Å². The van der Waals surface area contributed by atoms with Crippen molar-refractivity contribution < 1.29 is 4.79 Å². The summed E-state index contributed by atoms with van der Waals surface area (Å²) < 4.78 is 0. The Balaban J connectivity index is 2.23. The highest BCUT2D eigenvalue weighted by Gasteiger charge is 2.37. The van der Waals surface area contributed by atoms with E-state index in [4.69, 9.17) is 23.2 Å². The summed E-state index contributed by atoms with van der Waals surface area (Å²) in [6.45, 7) is 6.00. The van der Waals surface area contributed by atoms with Crippen LogP contribution >= 0.6 is 23.2 Å². The summed E-state index contributed by atoms with van der Waals surface area (Å²) in [6.07, 6.45) is 2.22. The number of benzene rings is 1. The third kappa shape index (κ3) is 3.13. The van der Waals surface area contributed by atoms with Crippen LogP contribution in [-0.4, -0.2) is 18.9 Å². The number of carbonyl (C=O) groups is 1. The van der Waals surface area contributed by atoms with Gasteiger partial charge in [0.05, 0.1) is 10.0 Å². The second-order valence-corrected chi connectivity index (χ2v) is 6.54. The van der Waals surface area contributed by atoms with E-state index in [1.807, 2.05) is 13.8 Å². The molecule has 4 heteroatoms. The van der Waals surface area contributed by atoms with Crippen LogP contribution in [0, 0.1) is 11.3 Å². The lowest BCUT2D eigenvalue weighted by Crippen LogP contribution is -2.42. The second-order valence-electron chi connectivity index (χ2n) is 5.72. The van der Waals surface area contributed by atoms with Crippen LogP contribution in [0.25, 0.3) is 0 Å². The molecular weight excluding hydrogens is 281 g/mol. The number of piperidine rings is 1. The number of halogens is 2. The van der Waals surface area contributed by atoms with Crippen LogP contribution in [0.1, 0.15) is 37.0 Å². The molecule has 0 aromatic heterocycles. The summed E-state index contributed by atoms with van der Waals surface area (Å²) in [5.74, 6) is 0.503. The first-order valence-electron chi connectivity index (χ1n) is 6.63. The van der Waals surface area contributed by atoms with Crippen molar-refractivity contribution in [1.82, 2.24) is 5.32 Å². The zero-order valence-corrected chi connectivity index (χ0v) is 12.8. The van der Waals surface area contributed by atoms with Gasteiger partial charge in [-0.25, -0.2) is 0 Å². The zero-order chi connectivity index (χ0) is 14.0. The molecule has 0 radical (unpaired) electrons. The minimum absolute atomic E-state index is 0.139. The molecule has 1 heterocycles. The zero-order valence-electron chi connectivity index (χ0n) is 11.3. The predicted molar refractivity (Wildman–Crippen MR) is 80.2 cm³/mol. The average Bonchev–Trinajstić information content (AvgIpc) is 2.42. The molecule has 2 rings (SSSR count). The van der Waals surface area contributed by atoms with Gasteiger partial charge in [0.25, 0.3) is 0 Å². The lowest BCUT2D eigenvalue weighted by Gasteiger charge is -2.36. The first-order chi connectivity index (χ1) is 8.93. The number of Topliss-reactive ketones (excluding diaryl/α,β-unsaturated/α-hetero) is 1. The van der Waals surface area contributed by atoms with Crippen LogP contribution in [-0.2, 0) is 0 Å². The van der Waals surface area contributed by atoms with Crippen molar-refractivity contribution in [2.75, 3.05) is 13.1 Å². The predicted octanol–water partition coefficient (Wildman–Crippen LogP) is 4.20. The van der Waals surface area contributed by atoms with E-state index >= 15 is 0 Å². The van der Waals surface area contributed by atoms with Crippen LogP contribution in [0.15, 0.2) is 18.2 Å². The minimum Gasteiger partial charge on any atom is -0.316 e. The highest BCUT2D eigenvalue weighted by atomic mass is 35.5. The lowest BCUT2D eigenvalue weighted by molar-refractivity contribution is 0.0708. The molecule has 2 nitrogen and oxygen atoms in total. The molecule has 1 fully saturated rings. The smallest absolute Gasteiger partial charge is 0.168 e. The van der Waals surface area contributed by atoms with Crippen molar-refractivity contribution in [1.29, 1.82) is 0 Å². The van der Waals surface area contributed by atoms with Gasteiger partial charge in [-0.3, -0.25) is 4.79 Å². The molecule has 1 N–H and O–H groups in total. The van der Waals surface area contributed by atoms with E-state index < -0.39 is 0 Å². The molecule has 104 valence electrons. The van der Waals surface area contributed by atoms with Gasteiger partial charge in [-0.2, -0.15) is 0 Å². The van der Waals surface area contributed by atoms with Crippen LogP contribution in [0.2, 0.25) is 10.0 Å². The Morgan fingerprint density at radius 3 is 2.63 bits per heavy atom. The summed E-state index contributed by atoms with van der Waals surface area (Å²) in [7, 11) is 0. The highest BCUT2D eigenvalue weighted by Crippen LogP contribution is 2.36. The third-order valence-electron chi connectivity index (χ3n) is 4.08. The summed E-state index contributed by atoms with van der Waals surface area (Å²) in [5.41, 5.74) is 0.259. The van der Waals surface area contributed by atoms with Crippen molar-refractivity contribution >= 4 is 29.0 Å². The van der Waals surface area contributed by atoms with Crippen molar-refractivity contribution in [2.24, 2.45) is 11.3 Å². The first-order valence-corrected chi connectivity index (χ1v) is 7.39. The van der Waals surface area contributed by atoms with E-state index in [-0.39, 0.29) is 11.2 Å². The molecule has 19 heavy (non-hydrogen) atoms. The van der Waals surface area contributed by atoms with Crippen molar-refractivity contribution in [3.05, 3.63) is 33.8 Å². The van der Waals surface area contributed by atoms with Crippen LogP contribution in [0.3, 0.4) is 0 Å². The van der Waals surface area contributed by atoms with Gasteiger partial charge < -0.3 is 5.32 Å². The molecule has 1 atom stereocenters. The van der Waals surface area contributed by atoms with Crippen molar-refractivity contribution in [2.45, 2.75) is 26.7 Å². The largest absolute Gasteiger partial charge is 0.316 e. The van der Waals surface area contributed by atoms with Gasteiger partial charge in [0.1, 0.15) is 0 Å². The normalized spacial score (nSPS) is 20.3. The molecule has 0 saturated carbocycles. The molecule has 0 spiro atoms. The Kier molecular flexibility index (Phi) is 4.54. The molecule has 1 aromatic carbocycles. The van der Waals surface area contributed by atoms with Gasteiger partial charge in [0.15, 0.2) is 5.78 Å². The number of hydrogen-bond donors (Lipinski definition) is 1. The van der Waals surface area contributed by atoms with Gasteiger partial charge in [-0.1, -0.05) is 37.0 Å². The van der Waals surface area contributed by atoms with E-state index in [0.717, 1.165) is 25.9 Å². The van der Waals surface area contributed by atoms with Gasteiger partial charge in [-0.05, 0) is 50.0 Å². The third-order valence-corrected chi connectivity index (χ3v) is 4.82. The molecule has 0 bridgehead atoms. The summed E-state index contributed by atoms with van der Waals surface area (Å²) >= 11 is 11.9. The van der Waals surface area contributed by atoms with Crippen LogP contribution < -0.4 is 5.32 Å². The molecule has 1 aliphatic rings. The maximum atomic E-state index is 12.7. The first kappa shape index (κ1) is 14.8. The minimum atomic E-state index is -0.384. The lowest BCUT2D eigenvalue weighted by atomic mass is 9.70. The molecular formula is C15H19Cl2NO. The number of rotatable bonds is 3. The number of carbonyl (C=O) groups excluding carboxylic acids is 1. The maximum Gasteiger partial charge on any atom is 0.168 e. The summed E-state index contributed by atoms with van der Waals surface area (Å²) in [6, 6.07) is 5.12. The van der Waals surface area contributed by atoms with Crippen LogP contribution in [0.5, 0.6) is 0 Å². The summed E-state index contributed by atoms with van der Waals surface area (Å²) in [5, 5.41) is 4.29. The molecule has 1 saturated heterocycles. The molecule has 1 aliphatic heterocycles. The fraction of sp³-hybridized carbons (Fsp3) is 0.533. The Bertz CT molecular complexity index is 479. The average molecular weight is 300 g/mol. The fourth-order valence-electron chi connectivity index (χ4n) is 2.66. The number of ketones is 1. The number of nitrogens with one attached hydrogen (secondary N) is 1. The molecule has 0 amide bonds. The van der Waals surface area contributed by atoms with E-state index in [0.29, 0.717) is 21.5 Å². The van der Waals surface area contributed by atoms with Crippen molar-refractivity contribution in [3.8, 4) is 0 Å². The van der Waals surface area contributed by atoms with Gasteiger partial charge in [0.2, 0.25) is 0 Å². The Morgan fingerprint density at radius 1 is 1.32 bits per heavy atom. The fourth-order valence-corrected chi connectivity index (χ4v) is 2.96. The van der Waals surface area contributed by atoms with E-state index in [1.165, 1.54) is 0 Å². The van der Waals surface area contributed by atoms with Crippen molar-refractivity contribution in [3.63, 3.8) is 0 Å². The van der Waals surface area contributed by atoms with E-state index in [1.54, 1.807) is 18.2 Å². The second kappa shape index (κ2) is 5.82. The van der Waals surface area contributed by atoms with Gasteiger partial charge >= 0.3 is 0 Å². The monoisotopic (exact) mass is 299 g/mol. The molecule has 1 aromatic rings. The van der Waals surface area contributed by atoms with Gasteiger partial charge in [0, 0.05) is 11.0 Å². The highest BCUT2D eigenvalue weighted by molar-refractivity contribution is 6.42. The molecule has 1 unspecified atom stereocenters. The van der Waals surface area contributed by atoms with E-state index in [9.17, 15) is 4.79 Å². The molecule has 0 aliphatic carbocycles. The summed E-state index contributed by atoms with van der Waals surface area (Å²) in [4.78, 5) is 12.7. The standard InChI is InChI=1S/C15H19Cl2NO/c1-15(2,11-4-3-7-18-9-11)14(19)10-5-6-12(16)13(17)8-10/h5-6,8,11,18H,3-4,7,9H2,1-2H3. The SMILES string of the molecule is CC(C)(C(=O)c1ccc(Cl)c(Cl)c1)C1CCCNC1. The van der Waals surface area contributed by atoms with Crippen LogP contribution in [0.4, 0.5) is 0 Å². The van der Waals surface area contributed by atoms with E-state index in [2.05, 4.69) is 5.32 Å².